The van der Waals surface area contributed by atoms with Crippen molar-refractivity contribution in [2.45, 2.75) is 58.0 Å². The third-order valence-electron chi connectivity index (χ3n) is 3.20. The minimum Gasteiger partial charge on any atom is -0.375 e. The molecule has 0 spiro atoms. The van der Waals surface area contributed by atoms with Gasteiger partial charge in [-0.2, -0.15) is 0 Å². The number of rotatable bonds is 6. The molecule has 0 aromatic rings. The van der Waals surface area contributed by atoms with Crippen molar-refractivity contribution in [1.29, 1.82) is 0 Å². The zero-order valence-electron chi connectivity index (χ0n) is 9.42. The van der Waals surface area contributed by atoms with Crippen molar-refractivity contribution in [3.8, 4) is 0 Å². The van der Waals surface area contributed by atoms with Gasteiger partial charge in [0, 0.05) is 13.0 Å². The molecule has 82 valence electrons. The Morgan fingerprint density at radius 2 is 2.07 bits per heavy atom. The Hall–Kier alpha value is -0.370. The number of carbonyl (C=O) groups is 1. The number of hydrogen-bond acceptors (Lipinski definition) is 2. The molecule has 0 aromatic carbocycles. The molecule has 1 saturated carbocycles. The normalized spacial score (nSPS) is 22.1. The van der Waals surface area contributed by atoms with Crippen LogP contribution in [0.15, 0.2) is 0 Å². The van der Waals surface area contributed by atoms with Crippen molar-refractivity contribution in [3.63, 3.8) is 0 Å². The van der Waals surface area contributed by atoms with Gasteiger partial charge in [-0.3, -0.25) is 0 Å². The van der Waals surface area contributed by atoms with Crippen LogP contribution in [0.5, 0.6) is 0 Å². The van der Waals surface area contributed by atoms with Crippen LogP contribution in [0, 0.1) is 5.92 Å². The van der Waals surface area contributed by atoms with E-state index in [1.54, 1.807) is 0 Å². The fraction of sp³-hybridized carbons (Fsp3) is 0.917. The summed E-state index contributed by atoms with van der Waals surface area (Å²) in [6, 6.07) is 0. The molecule has 0 aliphatic heterocycles. The van der Waals surface area contributed by atoms with Crippen molar-refractivity contribution in [3.05, 3.63) is 0 Å². The van der Waals surface area contributed by atoms with Crippen molar-refractivity contribution in [1.82, 2.24) is 0 Å². The molecule has 0 bridgehead atoms. The first-order valence-corrected chi connectivity index (χ1v) is 5.78. The van der Waals surface area contributed by atoms with Crippen LogP contribution in [0.1, 0.15) is 52.4 Å². The van der Waals surface area contributed by atoms with Gasteiger partial charge < -0.3 is 9.53 Å². The molecule has 14 heavy (non-hydrogen) atoms. The van der Waals surface area contributed by atoms with Gasteiger partial charge in [-0.25, -0.2) is 0 Å². The summed E-state index contributed by atoms with van der Waals surface area (Å²) in [6.07, 6.45) is 7.94. The first-order valence-electron chi connectivity index (χ1n) is 5.78. The van der Waals surface area contributed by atoms with E-state index in [2.05, 4.69) is 6.92 Å². The first kappa shape index (κ1) is 11.7. The van der Waals surface area contributed by atoms with Gasteiger partial charge in [-0.15, -0.1) is 0 Å². The van der Waals surface area contributed by atoms with E-state index in [0.717, 1.165) is 18.6 Å². The highest BCUT2D eigenvalue weighted by Crippen LogP contribution is 2.34. The van der Waals surface area contributed by atoms with Crippen LogP contribution in [-0.4, -0.2) is 18.5 Å². The highest BCUT2D eigenvalue weighted by atomic mass is 16.5. The Morgan fingerprint density at radius 3 is 2.57 bits per heavy atom. The van der Waals surface area contributed by atoms with E-state index in [1.807, 2.05) is 6.92 Å². The van der Waals surface area contributed by atoms with E-state index in [4.69, 9.17) is 4.74 Å². The second kappa shape index (κ2) is 5.50. The lowest BCUT2D eigenvalue weighted by Crippen LogP contribution is -2.31. The average Bonchev–Trinajstić information content (AvgIpc) is 2.57. The molecule has 2 heteroatoms. The van der Waals surface area contributed by atoms with Crippen molar-refractivity contribution in [2.75, 3.05) is 6.61 Å². The number of ether oxygens (including phenoxy) is 1. The molecule has 0 amide bonds. The summed E-state index contributed by atoms with van der Waals surface area (Å²) < 4.78 is 5.70. The topological polar surface area (TPSA) is 26.3 Å². The van der Waals surface area contributed by atoms with Crippen LogP contribution in [-0.2, 0) is 9.53 Å². The SMILES string of the molecule is CCOC(C)(CC=O)CC1CCCC1. The summed E-state index contributed by atoms with van der Waals surface area (Å²) in [7, 11) is 0. The maximum Gasteiger partial charge on any atom is 0.122 e. The third kappa shape index (κ3) is 3.41. The lowest BCUT2D eigenvalue weighted by atomic mass is 9.88. The molecule has 0 heterocycles. The summed E-state index contributed by atoms with van der Waals surface area (Å²) in [5, 5.41) is 0. The van der Waals surface area contributed by atoms with Gasteiger partial charge in [-0.05, 0) is 26.2 Å². The summed E-state index contributed by atoms with van der Waals surface area (Å²) >= 11 is 0. The smallest absolute Gasteiger partial charge is 0.122 e. The molecule has 1 aliphatic rings. The van der Waals surface area contributed by atoms with Gasteiger partial charge in [0.2, 0.25) is 0 Å². The zero-order chi connectivity index (χ0) is 10.4. The van der Waals surface area contributed by atoms with Crippen LogP contribution < -0.4 is 0 Å². The highest BCUT2D eigenvalue weighted by Gasteiger charge is 2.29. The van der Waals surface area contributed by atoms with E-state index in [-0.39, 0.29) is 5.60 Å². The van der Waals surface area contributed by atoms with Gasteiger partial charge in [0.25, 0.3) is 0 Å². The molecule has 1 aliphatic carbocycles. The molecule has 1 rings (SSSR count). The maximum absolute atomic E-state index is 10.6. The van der Waals surface area contributed by atoms with Gasteiger partial charge in [0.05, 0.1) is 5.60 Å². The van der Waals surface area contributed by atoms with Crippen molar-refractivity contribution < 1.29 is 9.53 Å². The summed E-state index contributed by atoms with van der Waals surface area (Å²) in [5.41, 5.74) is -0.203. The number of carbonyl (C=O) groups excluding carboxylic acids is 1. The van der Waals surface area contributed by atoms with Crippen LogP contribution in [0.3, 0.4) is 0 Å². The van der Waals surface area contributed by atoms with Gasteiger partial charge in [0.15, 0.2) is 0 Å². The number of aldehydes is 1. The van der Waals surface area contributed by atoms with Gasteiger partial charge in [-0.1, -0.05) is 25.7 Å². The van der Waals surface area contributed by atoms with Gasteiger partial charge in [0.1, 0.15) is 6.29 Å². The fourth-order valence-electron chi connectivity index (χ4n) is 2.55. The minimum absolute atomic E-state index is 0.203. The molecular formula is C12H22O2. The largest absolute Gasteiger partial charge is 0.375 e. The predicted octanol–water partition coefficient (Wildman–Crippen LogP) is 2.95. The minimum atomic E-state index is -0.203. The van der Waals surface area contributed by atoms with E-state index >= 15 is 0 Å². The van der Waals surface area contributed by atoms with Gasteiger partial charge >= 0.3 is 0 Å². The fourth-order valence-corrected chi connectivity index (χ4v) is 2.55. The Labute approximate surface area is 87.0 Å². The number of hydrogen-bond donors (Lipinski definition) is 0. The molecule has 0 N–H and O–H groups in total. The zero-order valence-corrected chi connectivity index (χ0v) is 9.42. The third-order valence-corrected chi connectivity index (χ3v) is 3.20. The summed E-state index contributed by atoms with van der Waals surface area (Å²) in [5.74, 6) is 0.784. The van der Waals surface area contributed by atoms with Crippen LogP contribution in [0.25, 0.3) is 0 Å². The van der Waals surface area contributed by atoms with E-state index in [9.17, 15) is 4.79 Å². The molecule has 0 saturated heterocycles. The molecule has 0 radical (unpaired) electrons. The summed E-state index contributed by atoms with van der Waals surface area (Å²) in [4.78, 5) is 10.6. The standard InChI is InChI=1S/C12H22O2/c1-3-14-12(2,8-9-13)10-11-6-4-5-7-11/h9,11H,3-8,10H2,1-2H3. The van der Waals surface area contributed by atoms with Crippen LogP contribution >= 0.6 is 0 Å². The molecule has 0 aromatic heterocycles. The quantitative estimate of drug-likeness (QED) is 0.613. The Bertz CT molecular complexity index is 173. The Morgan fingerprint density at radius 1 is 1.43 bits per heavy atom. The monoisotopic (exact) mass is 198 g/mol. The Balaban J connectivity index is 2.43. The lowest BCUT2D eigenvalue weighted by molar-refractivity contribution is -0.115. The molecule has 1 fully saturated rings. The molecular weight excluding hydrogens is 176 g/mol. The van der Waals surface area contributed by atoms with Crippen molar-refractivity contribution >= 4 is 6.29 Å². The van der Waals surface area contributed by atoms with Crippen LogP contribution in [0.4, 0.5) is 0 Å². The second-order valence-corrected chi connectivity index (χ2v) is 4.61. The lowest BCUT2D eigenvalue weighted by Gasteiger charge is -2.30. The predicted molar refractivity (Wildman–Crippen MR) is 57.3 cm³/mol. The van der Waals surface area contributed by atoms with Crippen molar-refractivity contribution in [2.24, 2.45) is 5.92 Å². The average molecular weight is 198 g/mol. The second-order valence-electron chi connectivity index (χ2n) is 4.61. The molecule has 2 nitrogen and oxygen atoms in total. The molecule has 1 unspecified atom stereocenters. The highest BCUT2D eigenvalue weighted by molar-refractivity contribution is 5.51. The van der Waals surface area contributed by atoms with Crippen LogP contribution in [0.2, 0.25) is 0 Å². The molecule has 1 atom stereocenters. The van der Waals surface area contributed by atoms with E-state index in [0.29, 0.717) is 13.0 Å². The maximum atomic E-state index is 10.6. The summed E-state index contributed by atoms with van der Waals surface area (Å²) in [6.45, 7) is 4.78. The van der Waals surface area contributed by atoms with E-state index < -0.39 is 0 Å². The Kier molecular flexibility index (Phi) is 4.59. The van der Waals surface area contributed by atoms with E-state index in [1.165, 1.54) is 25.7 Å². The first-order chi connectivity index (χ1) is 6.70.